The van der Waals surface area contributed by atoms with E-state index in [9.17, 15) is 4.79 Å². The first kappa shape index (κ1) is 13.9. The minimum absolute atomic E-state index is 0.0494. The molecule has 3 rings (SSSR count). The molecule has 5 heteroatoms. The number of morpholine rings is 1. The molecule has 1 fully saturated rings. The average molecular weight is 285 g/mol. The van der Waals surface area contributed by atoms with Crippen LogP contribution < -0.4 is 0 Å². The lowest BCUT2D eigenvalue weighted by atomic mass is 10.1. The summed E-state index contributed by atoms with van der Waals surface area (Å²) in [6.07, 6.45) is 0.0988. The third-order valence-electron chi connectivity index (χ3n) is 3.67. The van der Waals surface area contributed by atoms with Crippen LogP contribution in [0.4, 0.5) is 0 Å². The van der Waals surface area contributed by atoms with Crippen molar-refractivity contribution in [3.8, 4) is 0 Å². The number of fused-ring (bicyclic) bond motifs is 1. The first-order valence-electron chi connectivity index (χ1n) is 7.22. The minimum atomic E-state index is -0.0760. The van der Waals surface area contributed by atoms with E-state index in [0.29, 0.717) is 18.8 Å². The summed E-state index contributed by atoms with van der Waals surface area (Å²) in [4.78, 5) is 14.4. The van der Waals surface area contributed by atoms with Gasteiger partial charge in [0.05, 0.1) is 17.7 Å². The average Bonchev–Trinajstić information content (AvgIpc) is 2.44. The summed E-state index contributed by atoms with van der Waals surface area (Å²) < 4.78 is 5.66. The van der Waals surface area contributed by atoms with Gasteiger partial charge in [-0.15, -0.1) is 10.2 Å². The number of amides is 1. The van der Waals surface area contributed by atoms with Gasteiger partial charge < -0.3 is 9.64 Å². The van der Waals surface area contributed by atoms with Crippen LogP contribution in [-0.4, -0.2) is 46.3 Å². The number of hydrogen-bond donors (Lipinski definition) is 0. The van der Waals surface area contributed by atoms with Gasteiger partial charge in [0, 0.05) is 18.5 Å². The number of carbonyl (C=O) groups is 1. The van der Waals surface area contributed by atoms with Gasteiger partial charge in [-0.2, -0.15) is 0 Å². The van der Waals surface area contributed by atoms with Crippen molar-refractivity contribution in [3.63, 3.8) is 0 Å². The summed E-state index contributed by atoms with van der Waals surface area (Å²) in [5, 5.41) is 9.17. The van der Waals surface area contributed by atoms with Crippen LogP contribution in [0.1, 0.15) is 29.9 Å². The van der Waals surface area contributed by atoms with Crippen LogP contribution in [0, 0.1) is 6.92 Å². The highest BCUT2D eigenvalue weighted by molar-refractivity contribution is 5.95. The Balaban J connectivity index is 1.90. The number of ether oxygens (including phenoxy) is 1. The van der Waals surface area contributed by atoms with E-state index in [1.54, 1.807) is 4.90 Å². The molecule has 21 heavy (non-hydrogen) atoms. The lowest BCUT2D eigenvalue weighted by molar-refractivity contribution is -0.0587. The van der Waals surface area contributed by atoms with Gasteiger partial charge in [-0.1, -0.05) is 11.6 Å². The monoisotopic (exact) mass is 285 g/mol. The van der Waals surface area contributed by atoms with Gasteiger partial charge >= 0.3 is 0 Å². The molecule has 1 saturated heterocycles. The second kappa shape index (κ2) is 5.41. The molecule has 1 amide bonds. The predicted octanol–water partition coefficient (Wildman–Crippen LogP) is 2.19. The van der Waals surface area contributed by atoms with E-state index in [1.807, 2.05) is 45.0 Å². The maximum atomic E-state index is 12.6. The van der Waals surface area contributed by atoms with Gasteiger partial charge in [-0.05, 0) is 39.0 Å². The van der Waals surface area contributed by atoms with Gasteiger partial charge in [0.15, 0.2) is 5.69 Å². The second-order valence-corrected chi connectivity index (χ2v) is 5.76. The van der Waals surface area contributed by atoms with Crippen molar-refractivity contribution >= 4 is 16.8 Å². The maximum Gasteiger partial charge on any atom is 0.274 e. The van der Waals surface area contributed by atoms with Gasteiger partial charge in [0.1, 0.15) is 0 Å². The smallest absolute Gasteiger partial charge is 0.274 e. The van der Waals surface area contributed by atoms with E-state index < -0.39 is 0 Å². The van der Waals surface area contributed by atoms with E-state index in [1.165, 1.54) is 0 Å². The Morgan fingerprint density at radius 3 is 2.62 bits per heavy atom. The van der Waals surface area contributed by atoms with Crippen molar-refractivity contribution in [1.29, 1.82) is 0 Å². The fourth-order valence-electron chi connectivity index (χ4n) is 2.77. The van der Waals surface area contributed by atoms with Crippen LogP contribution >= 0.6 is 0 Å². The third kappa shape index (κ3) is 2.88. The quantitative estimate of drug-likeness (QED) is 0.806. The van der Waals surface area contributed by atoms with E-state index in [4.69, 9.17) is 4.74 Å². The summed E-state index contributed by atoms with van der Waals surface area (Å²) in [6, 6.07) is 7.75. The molecule has 0 saturated carbocycles. The molecule has 2 aromatic rings. The number of aryl methyl sites for hydroxylation is 1. The summed E-state index contributed by atoms with van der Waals surface area (Å²) >= 11 is 0. The maximum absolute atomic E-state index is 12.6. The zero-order valence-electron chi connectivity index (χ0n) is 12.5. The molecule has 0 aliphatic carbocycles. The zero-order valence-corrected chi connectivity index (χ0v) is 12.5. The van der Waals surface area contributed by atoms with E-state index in [-0.39, 0.29) is 18.1 Å². The molecular weight excluding hydrogens is 266 g/mol. The number of carbonyl (C=O) groups excluding carboxylic acids is 1. The molecule has 5 nitrogen and oxygen atoms in total. The summed E-state index contributed by atoms with van der Waals surface area (Å²) in [5.41, 5.74) is 2.35. The fourth-order valence-corrected chi connectivity index (χ4v) is 2.77. The lowest BCUT2D eigenvalue weighted by Gasteiger charge is -2.35. The van der Waals surface area contributed by atoms with Crippen LogP contribution in [0.3, 0.4) is 0 Å². The van der Waals surface area contributed by atoms with Crippen LogP contribution in [0.2, 0.25) is 0 Å². The summed E-state index contributed by atoms with van der Waals surface area (Å²) in [6.45, 7) is 7.16. The molecule has 0 unspecified atom stereocenters. The summed E-state index contributed by atoms with van der Waals surface area (Å²) in [7, 11) is 0. The van der Waals surface area contributed by atoms with Crippen molar-refractivity contribution in [2.75, 3.05) is 13.1 Å². The number of nitrogens with zero attached hydrogens (tertiary/aromatic N) is 3. The molecule has 1 aliphatic heterocycles. The second-order valence-electron chi connectivity index (χ2n) is 5.76. The van der Waals surface area contributed by atoms with Crippen LogP contribution in [0.25, 0.3) is 10.9 Å². The molecular formula is C16H19N3O2. The first-order valence-corrected chi connectivity index (χ1v) is 7.22. The Labute approximate surface area is 123 Å². The van der Waals surface area contributed by atoms with E-state index >= 15 is 0 Å². The number of rotatable bonds is 1. The molecule has 1 aliphatic rings. The largest absolute Gasteiger partial charge is 0.372 e. The lowest BCUT2D eigenvalue weighted by Crippen LogP contribution is -2.48. The van der Waals surface area contributed by atoms with Crippen molar-refractivity contribution < 1.29 is 9.53 Å². The molecule has 0 bridgehead atoms. The van der Waals surface area contributed by atoms with Crippen LogP contribution in [0.15, 0.2) is 24.3 Å². The highest BCUT2D eigenvalue weighted by Crippen LogP contribution is 2.17. The number of hydrogen-bond acceptors (Lipinski definition) is 4. The van der Waals surface area contributed by atoms with E-state index in [0.717, 1.165) is 16.5 Å². The summed E-state index contributed by atoms with van der Waals surface area (Å²) in [5.74, 6) is -0.0760. The topological polar surface area (TPSA) is 55.3 Å². The van der Waals surface area contributed by atoms with E-state index in [2.05, 4.69) is 10.2 Å². The minimum Gasteiger partial charge on any atom is -0.372 e. The predicted molar refractivity (Wildman–Crippen MR) is 80.2 cm³/mol. The number of aromatic nitrogens is 2. The Morgan fingerprint density at radius 2 is 1.90 bits per heavy atom. The Hall–Kier alpha value is -2.01. The molecule has 2 heterocycles. The standard InChI is InChI=1S/C16H19N3O2/c1-10-4-5-14-13(6-10)7-15(18-17-14)16(20)19-8-11(2)21-12(3)9-19/h4-7,11-12H,8-9H2,1-3H3/t11-,12-/m0/s1. The van der Waals surface area contributed by atoms with Gasteiger partial charge in [0.25, 0.3) is 5.91 Å². The highest BCUT2D eigenvalue weighted by Gasteiger charge is 2.27. The molecule has 1 aromatic heterocycles. The number of benzene rings is 1. The molecule has 0 radical (unpaired) electrons. The Morgan fingerprint density at radius 1 is 1.19 bits per heavy atom. The van der Waals surface area contributed by atoms with Crippen molar-refractivity contribution in [2.24, 2.45) is 0 Å². The van der Waals surface area contributed by atoms with Crippen LogP contribution in [0.5, 0.6) is 0 Å². The first-order chi connectivity index (χ1) is 10.0. The zero-order chi connectivity index (χ0) is 15.0. The van der Waals surface area contributed by atoms with Crippen molar-refractivity contribution in [2.45, 2.75) is 33.0 Å². The van der Waals surface area contributed by atoms with Gasteiger partial charge in [-0.25, -0.2) is 0 Å². The SMILES string of the molecule is Cc1ccc2nnc(C(=O)N3C[C@H](C)O[C@@H](C)C3)cc2c1. The molecule has 1 aromatic carbocycles. The van der Waals surface area contributed by atoms with Crippen molar-refractivity contribution in [1.82, 2.24) is 15.1 Å². The van der Waals surface area contributed by atoms with Crippen molar-refractivity contribution in [3.05, 3.63) is 35.5 Å². The Bertz CT molecular complexity index is 676. The fraction of sp³-hybridized carbons (Fsp3) is 0.438. The van der Waals surface area contributed by atoms with Gasteiger partial charge in [0.2, 0.25) is 0 Å². The molecule has 110 valence electrons. The van der Waals surface area contributed by atoms with Crippen LogP contribution in [-0.2, 0) is 4.74 Å². The normalized spacial score (nSPS) is 22.5. The third-order valence-corrected chi connectivity index (χ3v) is 3.67. The Kier molecular flexibility index (Phi) is 3.59. The highest BCUT2D eigenvalue weighted by atomic mass is 16.5. The molecule has 0 spiro atoms. The van der Waals surface area contributed by atoms with Gasteiger partial charge in [-0.3, -0.25) is 4.79 Å². The molecule has 0 N–H and O–H groups in total. The molecule has 2 atom stereocenters.